The van der Waals surface area contributed by atoms with Crippen molar-refractivity contribution in [1.29, 1.82) is 0 Å². The van der Waals surface area contributed by atoms with Crippen LogP contribution in [-0.2, 0) is 9.59 Å². The summed E-state index contributed by atoms with van der Waals surface area (Å²) in [7, 11) is 0. The summed E-state index contributed by atoms with van der Waals surface area (Å²) >= 11 is 0. The molecule has 0 spiro atoms. The van der Waals surface area contributed by atoms with Gasteiger partial charge in [-0.1, -0.05) is 27.7 Å². The van der Waals surface area contributed by atoms with Gasteiger partial charge in [0.1, 0.15) is 11.6 Å². The van der Waals surface area contributed by atoms with Crippen molar-refractivity contribution in [3.63, 3.8) is 0 Å². The second-order valence-electron chi connectivity index (χ2n) is 9.07. The highest BCUT2D eigenvalue weighted by molar-refractivity contribution is 6.05. The van der Waals surface area contributed by atoms with Crippen LogP contribution in [0.1, 0.15) is 79.1 Å². The third kappa shape index (κ3) is 6.29. The van der Waals surface area contributed by atoms with Crippen molar-refractivity contribution in [2.24, 2.45) is 20.8 Å². The molecule has 2 rings (SSSR count). The molecule has 134 valence electrons. The number of carbonyl (C=O) groups is 2. The molecule has 0 saturated heterocycles. The van der Waals surface area contributed by atoms with Crippen LogP contribution in [0, 0.1) is 10.8 Å². The molecule has 2 saturated carbocycles. The molecule has 2 aliphatic rings. The van der Waals surface area contributed by atoms with Crippen LogP contribution in [0.5, 0.6) is 0 Å². The maximum atomic E-state index is 11.8. The summed E-state index contributed by atoms with van der Waals surface area (Å²) in [5, 5.41) is 0. The quantitative estimate of drug-likeness (QED) is 0.708. The van der Waals surface area contributed by atoms with Crippen LogP contribution in [0.3, 0.4) is 0 Å². The standard InChI is InChI=1S/C20H32N2O2/c1-19(2)11-15(9-17(23)13-19)21-7-5-6-8-22-16-10-18(24)14-20(3,4)12-16/h5-14H2,1-4H3. The fraction of sp³-hybridized carbons (Fsp3) is 0.800. The first-order valence-electron chi connectivity index (χ1n) is 9.23. The molecule has 2 fully saturated rings. The van der Waals surface area contributed by atoms with Gasteiger partial charge in [-0.2, -0.15) is 0 Å². The summed E-state index contributed by atoms with van der Waals surface area (Å²) in [6.45, 7) is 10.1. The molecule has 0 heterocycles. The largest absolute Gasteiger partial charge is 0.299 e. The van der Waals surface area contributed by atoms with Crippen LogP contribution < -0.4 is 0 Å². The molecule has 0 aromatic rings. The van der Waals surface area contributed by atoms with E-state index in [-0.39, 0.29) is 10.8 Å². The van der Waals surface area contributed by atoms with Gasteiger partial charge in [0.05, 0.1) is 0 Å². The third-order valence-corrected chi connectivity index (χ3v) is 4.76. The van der Waals surface area contributed by atoms with Crippen LogP contribution in [0.4, 0.5) is 0 Å². The van der Waals surface area contributed by atoms with Crippen LogP contribution in [0.25, 0.3) is 0 Å². The van der Waals surface area contributed by atoms with Gasteiger partial charge in [-0.05, 0) is 36.5 Å². The van der Waals surface area contributed by atoms with E-state index in [4.69, 9.17) is 0 Å². The van der Waals surface area contributed by atoms with E-state index >= 15 is 0 Å². The number of unbranched alkanes of at least 4 members (excludes halogenated alkanes) is 1. The van der Waals surface area contributed by atoms with Gasteiger partial charge in [0, 0.05) is 50.2 Å². The smallest absolute Gasteiger partial charge is 0.139 e. The Bertz CT molecular complexity index is 506. The summed E-state index contributed by atoms with van der Waals surface area (Å²) in [6.07, 6.45) is 6.32. The molecule has 2 aliphatic carbocycles. The van der Waals surface area contributed by atoms with Crippen molar-refractivity contribution in [1.82, 2.24) is 0 Å². The second-order valence-corrected chi connectivity index (χ2v) is 9.07. The minimum Gasteiger partial charge on any atom is -0.299 e. The van der Waals surface area contributed by atoms with E-state index in [0.717, 1.165) is 50.2 Å². The molecule has 0 N–H and O–H groups in total. The third-order valence-electron chi connectivity index (χ3n) is 4.76. The van der Waals surface area contributed by atoms with Crippen LogP contribution >= 0.6 is 0 Å². The number of ketones is 2. The zero-order chi connectivity index (χ0) is 17.8. The van der Waals surface area contributed by atoms with Crippen molar-refractivity contribution < 1.29 is 9.59 Å². The molecular formula is C20H32N2O2. The SMILES string of the molecule is CC1(C)CC(=O)CC(=NCCCCN=C2CC(=O)CC(C)(C)C2)C1. The van der Waals surface area contributed by atoms with E-state index in [2.05, 4.69) is 37.7 Å². The number of aliphatic imine (C=N–C) groups is 2. The molecular weight excluding hydrogens is 300 g/mol. The van der Waals surface area contributed by atoms with Crippen molar-refractivity contribution in [2.75, 3.05) is 13.1 Å². The minimum atomic E-state index is 0.0699. The van der Waals surface area contributed by atoms with Crippen LogP contribution in [0.2, 0.25) is 0 Å². The van der Waals surface area contributed by atoms with Crippen molar-refractivity contribution >= 4 is 23.0 Å². The molecule has 0 unspecified atom stereocenters. The molecule has 24 heavy (non-hydrogen) atoms. The summed E-state index contributed by atoms with van der Waals surface area (Å²) in [4.78, 5) is 32.8. The molecule has 0 aliphatic heterocycles. The fourth-order valence-electron chi connectivity index (χ4n) is 3.92. The Balaban J connectivity index is 1.71. The Morgan fingerprint density at radius 2 is 1.08 bits per heavy atom. The highest BCUT2D eigenvalue weighted by Gasteiger charge is 2.30. The molecule has 4 nitrogen and oxygen atoms in total. The molecule has 0 amide bonds. The van der Waals surface area contributed by atoms with Gasteiger partial charge in [0.25, 0.3) is 0 Å². The number of hydrogen-bond acceptors (Lipinski definition) is 4. The average molecular weight is 332 g/mol. The molecule has 4 heteroatoms. The predicted molar refractivity (Wildman–Crippen MR) is 99.1 cm³/mol. The lowest BCUT2D eigenvalue weighted by molar-refractivity contribution is -0.121. The summed E-state index contributed by atoms with van der Waals surface area (Å²) in [5.41, 5.74) is 2.28. The summed E-state index contributed by atoms with van der Waals surface area (Å²) in [5.74, 6) is 0.641. The first-order valence-corrected chi connectivity index (χ1v) is 9.23. The first kappa shape index (κ1) is 19.0. The monoisotopic (exact) mass is 332 g/mol. The number of rotatable bonds is 5. The van der Waals surface area contributed by atoms with Crippen molar-refractivity contribution in [2.45, 2.75) is 79.1 Å². The Hall–Kier alpha value is -1.32. The average Bonchev–Trinajstić information content (AvgIpc) is 2.38. The topological polar surface area (TPSA) is 58.9 Å². The summed E-state index contributed by atoms with van der Waals surface area (Å²) < 4.78 is 0. The highest BCUT2D eigenvalue weighted by Crippen LogP contribution is 2.32. The van der Waals surface area contributed by atoms with Gasteiger partial charge >= 0.3 is 0 Å². The van der Waals surface area contributed by atoms with E-state index in [1.54, 1.807) is 0 Å². The Labute approximate surface area is 146 Å². The highest BCUT2D eigenvalue weighted by atomic mass is 16.1. The molecule has 0 atom stereocenters. The Morgan fingerprint density at radius 1 is 0.708 bits per heavy atom. The number of nitrogens with zero attached hydrogens (tertiary/aromatic N) is 2. The predicted octanol–water partition coefficient (Wildman–Crippen LogP) is 4.21. The van der Waals surface area contributed by atoms with Crippen LogP contribution in [0.15, 0.2) is 9.98 Å². The lowest BCUT2D eigenvalue weighted by Gasteiger charge is -2.29. The van der Waals surface area contributed by atoms with Gasteiger partial charge in [0.2, 0.25) is 0 Å². The van der Waals surface area contributed by atoms with Gasteiger partial charge < -0.3 is 0 Å². The Morgan fingerprint density at radius 3 is 1.42 bits per heavy atom. The van der Waals surface area contributed by atoms with E-state index in [1.165, 1.54) is 0 Å². The number of hydrogen-bond donors (Lipinski definition) is 0. The maximum Gasteiger partial charge on any atom is 0.139 e. The van der Waals surface area contributed by atoms with E-state index in [1.807, 2.05) is 0 Å². The molecule has 0 aromatic heterocycles. The van der Waals surface area contributed by atoms with E-state index in [9.17, 15) is 9.59 Å². The summed E-state index contributed by atoms with van der Waals surface area (Å²) in [6, 6.07) is 0. The molecule has 0 radical (unpaired) electrons. The van der Waals surface area contributed by atoms with Crippen molar-refractivity contribution in [3.8, 4) is 0 Å². The van der Waals surface area contributed by atoms with Crippen molar-refractivity contribution in [3.05, 3.63) is 0 Å². The van der Waals surface area contributed by atoms with Crippen LogP contribution in [-0.4, -0.2) is 36.1 Å². The van der Waals surface area contributed by atoms with E-state index in [0.29, 0.717) is 37.2 Å². The first-order chi connectivity index (χ1) is 11.2. The molecule has 0 bridgehead atoms. The number of carbonyl (C=O) groups excluding carboxylic acids is 2. The zero-order valence-electron chi connectivity index (χ0n) is 15.8. The lowest BCUT2D eigenvalue weighted by atomic mass is 9.76. The maximum absolute atomic E-state index is 11.8. The zero-order valence-corrected chi connectivity index (χ0v) is 15.8. The van der Waals surface area contributed by atoms with E-state index < -0.39 is 0 Å². The lowest BCUT2D eigenvalue weighted by Crippen LogP contribution is -2.29. The second kappa shape index (κ2) is 7.71. The van der Waals surface area contributed by atoms with Gasteiger partial charge in [-0.25, -0.2) is 0 Å². The minimum absolute atomic E-state index is 0.0699. The molecule has 0 aromatic carbocycles. The number of Topliss-reactive ketones (excluding diaryl/α,β-unsaturated/α-hetero) is 2. The fourth-order valence-corrected chi connectivity index (χ4v) is 3.92. The van der Waals surface area contributed by atoms with Gasteiger partial charge in [-0.3, -0.25) is 19.6 Å². The Kier molecular flexibility index (Phi) is 6.11. The van der Waals surface area contributed by atoms with Gasteiger partial charge in [-0.15, -0.1) is 0 Å². The normalized spacial score (nSPS) is 27.0. The van der Waals surface area contributed by atoms with Gasteiger partial charge in [0.15, 0.2) is 0 Å².